The van der Waals surface area contributed by atoms with Gasteiger partial charge in [0.15, 0.2) is 0 Å². The van der Waals surface area contributed by atoms with Gasteiger partial charge in [-0.05, 0) is 12.8 Å². The zero-order chi connectivity index (χ0) is 9.97. The molecular formula is C11H15NO2. The van der Waals surface area contributed by atoms with Gasteiger partial charge in [-0.15, -0.1) is 0 Å². The highest BCUT2D eigenvalue weighted by Gasteiger charge is 2.33. The summed E-state index contributed by atoms with van der Waals surface area (Å²) in [6.07, 6.45) is 7.23. The molecule has 3 heteroatoms. The fourth-order valence-electron chi connectivity index (χ4n) is 2.20. The van der Waals surface area contributed by atoms with E-state index in [-0.39, 0.29) is 18.3 Å². The van der Waals surface area contributed by atoms with Crippen molar-refractivity contribution in [2.45, 2.75) is 37.6 Å². The molecule has 0 amide bonds. The molecule has 0 bridgehead atoms. The van der Waals surface area contributed by atoms with E-state index in [4.69, 9.17) is 14.7 Å². The molecule has 76 valence electrons. The lowest BCUT2D eigenvalue weighted by atomic mass is 9.84. The maximum Gasteiger partial charge on any atom is 0.144 e. The van der Waals surface area contributed by atoms with E-state index >= 15 is 0 Å². The second-order valence-corrected chi connectivity index (χ2v) is 3.93. The molecule has 0 radical (unpaired) electrons. The highest BCUT2D eigenvalue weighted by molar-refractivity contribution is 5.06. The van der Waals surface area contributed by atoms with Crippen LogP contribution in [0.5, 0.6) is 0 Å². The van der Waals surface area contributed by atoms with Crippen molar-refractivity contribution in [1.29, 1.82) is 5.26 Å². The van der Waals surface area contributed by atoms with E-state index in [0.717, 1.165) is 19.3 Å². The average Bonchev–Trinajstić information content (AvgIpc) is 2.27. The van der Waals surface area contributed by atoms with Crippen LogP contribution in [0, 0.1) is 17.2 Å². The monoisotopic (exact) mass is 193 g/mol. The molecule has 1 heterocycles. The smallest absolute Gasteiger partial charge is 0.144 e. The van der Waals surface area contributed by atoms with Gasteiger partial charge in [-0.2, -0.15) is 5.26 Å². The maximum absolute atomic E-state index is 8.78. The average molecular weight is 193 g/mol. The number of nitrogens with zero attached hydrogens (tertiary/aromatic N) is 1. The van der Waals surface area contributed by atoms with Gasteiger partial charge in [-0.3, -0.25) is 0 Å². The van der Waals surface area contributed by atoms with Crippen molar-refractivity contribution >= 4 is 0 Å². The molecule has 2 aliphatic rings. The van der Waals surface area contributed by atoms with E-state index in [9.17, 15) is 0 Å². The number of rotatable bonds is 1. The van der Waals surface area contributed by atoms with Gasteiger partial charge in [0.25, 0.3) is 0 Å². The van der Waals surface area contributed by atoms with Gasteiger partial charge in [0.1, 0.15) is 6.10 Å². The summed E-state index contributed by atoms with van der Waals surface area (Å²) in [5.74, 6) is 0.492. The first-order valence-electron chi connectivity index (χ1n) is 5.09. The second kappa shape index (κ2) is 4.12. The molecule has 1 unspecified atom stereocenters. The van der Waals surface area contributed by atoms with Gasteiger partial charge in [0.05, 0.1) is 18.3 Å². The number of ether oxygens (including phenoxy) is 2. The number of hydrogen-bond donors (Lipinski definition) is 0. The molecule has 0 aromatic rings. The minimum atomic E-state index is -0.208. The summed E-state index contributed by atoms with van der Waals surface area (Å²) in [5, 5.41) is 8.78. The van der Waals surface area contributed by atoms with Gasteiger partial charge in [0, 0.05) is 19.4 Å². The van der Waals surface area contributed by atoms with Crippen LogP contribution in [0.4, 0.5) is 0 Å². The van der Waals surface area contributed by atoms with Crippen LogP contribution in [-0.4, -0.2) is 25.4 Å². The van der Waals surface area contributed by atoms with Gasteiger partial charge < -0.3 is 9.47 Å². The van der Waals surface area contributed by atoms with Crippen LogP contribution < -0.4 is 0 Å². The molecule has 14 heavy (non-hydrogen) atoms. The molecule has 1 aliphatic carbocycles. The van der Waals surface area contributed by atoms with E-state index in [1.807, 2.05) is 0 Å². The quantitative estimate of drug-likeness (QED) is 0.595. The maximum atomic E-state index is 8.78. The summed E-state index contributed by atoms with van der Waals surface area (Å²) < 4.78 is 10.9. The van der Waals surface area contributed by atoms with Crippen LogP contribution in [0.25, 0.3) is 0 Å². The number of fused-ring (bicyclic) bond motifs is 1. The molecule has 0 aromatic carbocycles. The molecule has 1 fully saturated rings. The van der Waals surface area contributed by atoms with Gasteiger partial charge in [0.2, 0.25) is 0 Å². The highest BCUT2D eigenvalue weighted by Crippen LogP contribution is 2.32. The lowest BCUT2D eigenvalue weighted by Gasteiger charge is -2.36. The molecule has 0 N–H and O–H groups in total. The molecule has 3 nitrogen and oxygen atoms in total. The largest absolute Gasteiger partial charge is 0.377 e. The molecule has 0 aromatic heterocycles. The summed E-state index contributed by atoms with van der Waals surface area (Å²) in [5.41, 5.74) is 0. The second-order valence-electron chi connectivity index (χ2n) is 3.93. The Bertz CT molecular complexity index is 269. The summed E-state index contributed by atoms with van der Waals surface area (Å²) in [6.45, 7) is 0. The lowest BCUT2D eigenvalue weighted by molar-refractivity contribution is -0.0712. The standard InChI is InChI=1S/C11H15NO2/c1-13-9-4-2-8-3-5-10(7-12)14-11(8)6-9/h2,4,8-11H,3,5-6H2,1H3/t8-,9+,10?,11-/m0/s1. The fourth-order valence-corrected chi connectivity index (χ4v) is 2.20. The predicted molar refractivity (Wildman–Crippen MR) is 51.6 cm³/mol. The van der Waals surface area contributed by atoms with E-state index < -0.39 is 0 Å². The first-order chi connectivity index (χ1) is 6.83. The van der Waals surface area contributed by atoms with Crippen LogP contribution in [0.1, 0.15) is 19.3 Å². The van der Waals surface area contributed by atoms with Gasteiger partial charge in [-0.25, -0.2) is 0 Å². The zero-order valence-corrected chi connectivity index (χ0v) is 8.35. The Labute approximate surface area is 84.3 Å². The lowest BCUT2D eigenvalue weighted by Crippen LogP contribution is -2.38. The molecule has 0 saturated carbocycles. The first kappa shape index (κ1) is 9.70. The summed E-state index contributed by atoms with van der Waals surface area (Å²) in [4.78, 5) is 0. The Balaban J connectivity index is 2.02. The Hall–Kier alpha value is -0.850. The third-order valence-corrected chi connectivity index (χ3v) is 3.06. The Morgan fingerprint density at radius 3 is 3.00 bits per heavy atom. The van der Waals surface area contributed by atoms with Gasteiger partial charge in [-0.1, -0.05) is 12.2 Å². The molecule has 1 saturated heterocycles. The van der Waals surface area contributed by atoms with Crippen LogP contribution in [-0.2, 0) is 9.47 Å². The molecule has 1 aliphatic heterocycles. The van der Waals surface area contributed by atoms with Crippen LogP contribution in [0.2, 0.25) is 0 Å². The first-order valence-corrected chi connectivity index (χ1v) is 5.09. The number of nitriles is 1. The molecular weight excluding hydrogens is 178 g/mol. The third-order valence-electron chi connectivity index (χ3n) is 3.06. The molecule has 4 atom stereocenters. The topological polar surface area (TPSA) is 42.2 Å². The van der Waals surface area contributed by atoms with Crippen molar-refractivity contribution in [2.75, 3.05) is 7.11 Å². The van der Waals surface area contributed by atoms with Crippen LogP contribution >= 0.6 is 0 Å². The zero-order valence-electron chi connectivity index (χ0n) is 8.35. The SMILES string of the molecule is CO[C@@H]1C=C[C@H]2CCC(C#N)O[C@H]2C1. The van der Waals surface area contributed by atoms with Crippen molar-refractivity contribution in [1.82, 2.24) is 0 Å². The van der Waals surface area contributed by atoms with E-state index in [1.165, 1.54) is 0 Å². The Morgan fingerprint density at radius 1 is 1.43 bits per heavy atom. The number of methoxy groups -OCH3 is 1. The summed E-state index contributed by atoms with van der Waals surface area (Å²) in [7, 11) is 1.71. The minimum Gasteiger partial charge on any atom is -0.377 e. The van der Waals surface area contributed by atoms with Gasteiger partial charge >= 0.3 is 0 Å². The minimum absolute atomic E-state index is 0.161. The summed E-state index contributed by atoms with van der Waals surface area (Å²) >= 11 is 0. The van der Waals surface area contributed by atoms with Crippen LogP contribution in [0.3, 0.4) is 0 Å². The molecule has 0 spiro atoms. The fraction of sp³-hybridized carbons (Fsp3) is 0.727. The number of hydrogen-bond acceptors (Lipinski definition) is 3. The third kappa shape index (κ3) is 1.82. The van der Waals surface area contributed by atoms with E-state index in [0.29, 0.717) is 5.92 Å². The van der Waals surface area contributed by atoms with Crippen molar-refractivity contribution in [2.24, 2.45) is 5.92 Å². The molecule has 2 rings (SSSR count). The van der Waals surface area contributed by atoms with E-state index in [2.05, 4.69) is 18.2 Å². The van der Waals surface area contributed by atoms with E-state index in [1.54, 1.807) is 7.11 Å². The van der Waals surface area contributed by atoms with Crippen LogP contribution in [0.15, 0.2) is 12.2 Å². The highest BCUT2D eigenvalue weighted by atomic mass is 16.5. The van der Waals surface area contributed by atoms with Crippen molar-refractivity contribution < 1.29 is 9.47 Å². The Morgan fingerprint density at radius 2 is 2.29 bits per heavy atom. The van der Waals surface area contributed by atoms with Crippen molar-refractivity contribution in [3.05, 3.63) is 12.2 Å². The van der Waals surface area contributed by atoms with Crippen molar-refractivity contribution in [3.8, 4) is 6.07 Å². The normalized spacial score (nSPS) is 41.4. The summed E-state index contributed by atoms with van der Waals surface area (Å²) in [6, 6.07) is 2.18. The Kier molecular flexibility index (Phi) is 2.85. The van der Waals surface area contributed by atoms with Crippen molar-refractivity contribution in [3.63, 3.8) is 0 Å². The predicted octanol–water partition coefficient (Wildman–Crippen LogP) is 1.65.